The maximum Gasteiger partial charge on any atom is 0.138 e. The fourth-order valence-electron chi connectivity index (χ4n) is 3.41. The van der Waals surface area contributed by atoms with Gasteiger partial charge in [-0.2, -0.15) is 5.10 Å². The Morgan fingerprint density at radius 3 is 2.88 bits per heavy atom. The van der Waals surface area contributed by atoms with E-state index in [-0.39, 0.29) is 0 Å². The molecule has 2 unspecified atom stereocenters. The van der Waals surface area contributed by atoms with Gasteiger partial charge in [0.15, 0.2) is 0 Å². The van der Waals surface area contributed by atoms with Gasteiger partial charge in [-0.05, 0) is 50.0 Å². The second-order valence-corrected chi connectivity index (χ2v) is 5.54. The smallest absolute Gasteiger partial charge is 0.138 e. The molecule has 0 radical (unpaired) electrons. The fourth-order valence-corrected chi connectivity index (χ4v) is 3.41. The minimum absolute atomic E-state index is 0.327. The van der Waals surface area contributed by atoms with Gasteiger partial charge in [0, 0.05) is 13.0 Å². The van der Waals surface area contributed by atoms with Crippen LogP contribution in [0.4, 0.5) is 0 Å². The van der Waals surface area contributed by atoms with Gasteiger partial charge in [-0.25, -0.2) is 4.98 Å². The maximum absolute atomic E-state index is 6.00. The second-order valence-electron chi connectivity index (χ2n) is 5.54. The Hall–Kier alpha value is -0.900. The number of rotatable bonds is 4. The molecule has 2 N–H and O–H groups in total. The number of aryl methyl sites for hydroxylation is 1. The summed E-state index contributed by atoms with van der Waals surface area (Å²) < 4.78 is 2.00. The summed E-state index contributed by atoms with van der Waals surface area (Å²) in [5.74, 6) is 3.07. The van der Waals surface area contributed by atoms with Gasteiger partial charge in [-0.3, -0.25) is 4.68 Å². The van der Waals surface area contributed by atoms with Gasteiger partial charge < -0.3 is 5.73 Å². The number of hydrogen-bond acceptors (Lipinski definition) is 3. The van der Waals surface area contributed by atoms with Crippen molar-refractivity contribution < 1.29 is 0 Å². The average molecular weight is 220 g/mol. The van der Waals surface area contributed by atoms with Crippen molar-refractivity contribution in [3.63, 3.8) is 0 Å². The molecule has 2 atom stereocenters. The van der Waals surface area contributed by atoms with E-state index in [1.807, 2.05) is 4.68 Å². The first-order valence-corrected chi connectivity index (χ1v) is 6.33. The molecular weight excluding hydrogens is 200 g/mol. The highest BCUT2D eigenvalue weighted by molar-refractivity contribution is 5.07. The highest BCUT2D eigenvalue weighted by atomic mass is 15.3. The third-order valence-corrected chi connectivity index (χ3v) is 4.42. The first-order valence-electron chi connectivity index (χ1n) is 6.33. The summed E-state index contributed by atoms with van der Waals surface area (Å²) in [6.07, 6.45) is 6.75. The van der Waals surface area contributed by atoms with Gasteiger partial charge in [0.05, 0.1) is 0 Å². The number of hydrogen-bond donors (Lipinski definition) is 1. The Morgan fingerprint density at radius 2 is 2.25 bits per heavy atom. The molecule has 2 aliphatic rings. The van der Waals surface area contributed by atoms with Gasteiger partial charge in [0.25, 0.3) is 0 Å². The van der Waals surface area contributed by atoms with Crippen molar-refractivity contribution in [1.82, 2.24) is 14.8 Å². The lowest BCUT2D eigenvalue weighted by Crippen LogP contribution is -2.32. The van der Waals surface area contributed by atoms with Crippen LogP contribution in [-0.2, 0) is 13.0 Å². The topological polar surface area (TPSA) is 56.7 Å². The molecule has 2 aliphatic carbocycles. The summed E-state index contributed by atoms with van der Waals surface area (Å²) in [5.41, 5.74) is 6.33. The summed E-state index contributed by atoms with van der Waals surface area (Å²) >= 11 is 0. The molecule has 0 amide bonds. The van der Waals surface area contributed by atoms with Crippen LogP contribution < -0.4 is 5.73 Å². The molecule has 2 fully saturated rings. The van der Waals surface area contributed by atoms with Gasteiger partial charge >= 0.3 is 0 Å². The molecule has 4 heteroatoms. The molecule has 0 spiro atoms. The van der Waals surface area contributed by atoms with Gasteiger partial charge in [0.2, 0.25) is 0 Å². The molecule has 1 aromatic heterocycles. The second kappa shape index (κ2) is 3.55. The van der Waals surface area contributed by atoms with E-state index in [0.29, 0.717) is 5.41 Å². The van der Waals surface area contributed by atoms with E-state index in [1.165, 1.54) is 19.3 Å². The van der Waals surface area contributed by atoms with Crippen LogP contribution in [0.25, 0.3) is 0 Å². The summed E-state index contributed by atoms with van der Waals surface area (Å²) in [5, 5.41) is 4.24. The minimum atomic E-state index is 0.327. The zero-order valence-corrected chi connectivity index (χ0v) is 9.89. The van der Waals surface area contributed by atoms with Gasteiger partial charge in [0.1, 0.15) is 12.2 Å². The predicted octanol–water partition coefficient (Wildman–Crippen LogP) is 1.22. The van der Waals surface area contributed by atoms with Crippen molar-refractivity contribution >= 4 is 0 Å². The van der Waals surface area contributed by atoms with E-state index < -0.39 is 0 Å². The summed E-state index contributed by atoms with van der Waals surface area (Å²) in [4.78, 5) is 4.38. The lowest BCUT2D eigenvalue weighted by atomic mass is 9.79. The summed E-state index contributed by atoms with van der Waals surface area (Å²) in [6, 6.07) is 0. The first kappa shape index (κ1) is 10.3. The summed E-state index contributed by atoms with van der Waals surface area (Å²) in [7, 11) is 0. The van der Waals surface area contributed by atoms with E-state index in [0.717, 1.165) is 37.2 Å². The predicted molar refractivity (Wildman–Crippen MR) is 61.7 cm³/mol. The van der Waals surface area contributed by atoms with Crippen LogP contribution in [0.3, 0.4) is 0 Å². The lowest BCUT2D eigenvalue weighted by Gasteiger charge is -2.28. The molecule has 1 heterocycles. The van der Waals surface area contributed by atoms with Crippen LogP contribution in [0.1, 0.15) is 32.0 Å². The van der Waals surface area contributed by atoms with Crippen molar-refractivity contribution in [1.29, 1.82) is 0 Å². The third kappa shape index (κ3) is 1.56. The van der Waals surface area contributed by atoms with Crippen LogP contribution in [0, 0.1) is 17.3 Å². The summed E-state index contributed by atoms with van der Waals surface area (Å²) in [6.45, 7) is 3.82. The molecular formula is C12H20N4. The molecule has 0 saturated heterocycles. The van der Waals surface area contributed by atoms with Crippen LogP contribution in [-0.4, -0.2) is 21.3 Å². The highest BCUT2D eigenvalue weighted by Gasteiger charge is 2.53. The van der Waals surface area contributed by atoms with E-state index in [1.54, 1.807) is 6.33 Å². The van der Waals surface area contributed by atoms with Crippen molar-refractivity contribution in [3.05, 3.63) is 12.2 Å². The largest absolute Gasteiger partial charge is 0.330 e. The monoisotopic (exact) mass is 220 g/mol. The number of aromatic nitrogens is 3. The molecule has 0 bridgehead atoms. The highest BCUT2D eigenvalue weighted by Crippen LogP contribution is 2.60. The fraction of sp³-hybridized carbons (Fsp3) is 0.833. The Morgan fingerprint density at radius 1 is 1.50 bits per heavy atom. The Balaban J connectivity index is 1.77. The molecule has 3 rings (SSSR count). The molecule has 88 valence electrons. The van der Waals surface area contributed by atoms with Crippen LogP contribution >= 0.6 is 0 Å². The molecule has 4 nitrogen and oxygen atoms in total. The zero-order valence-electron chi connectivity index (χ0n) is 9.89. The van der Waals surface area contributed by atoms with E-state index in [4.69, 9.17) is 5.73 Å². The molecule has 16 heavy (non-hydrogen) atoms. The SMILES string of the molecule is CCn1ncnc1CC1(CN)CC2CC2C1. The quantitative estimate of drug-likeness (QED) is 0.830. The Bertz CT molecular complexity index is 374. The van der Waals surface area contributed by atoms with Crippen molar-refractivity contribution in [2.75, 3.05) is 6.54 Å². The molecule has 2 saturated carbocycles. The average Bonchev–Trinajstić information content (AvgIpc) is 2.76. The molecule has 0 aliphatic heterocycles. The van der Waals surface area contributed by atoms with E-state index >= 15 is 0 Å². The van der Waals surface area contributed by atoms with Crippen molar-refractivity contribution in [2.24, 2.45) is 23.0 Å². The van der Waals surface area contributed by atoms with Crippen LogP contribution in [0.5, 0.6) is 0 Å². The molecule has 0 aromatic carbocycles. The van der Waals surface area contributed by atoms with E-state index in [9.17, 15) is 0 Å². The van der Waals surface area contributed by atoms with Gasteiger partial charge in [-0.15, -0.1) is 0 Å². The lowest BCUT2D eigenvalue weighted by molar-refractivity contribution is 0.263. The maximum atomic E-state index is 6.00. The first-order chi connectivity index (χ1) is 7.76. The van der Waals surface area contributed by atoms with Gasteiger partial charge in [-0.1, -0.05) is 0 Å². The zero-order chi connectivity index (χ0) is 11.2. The van der Waals surface area contributed by atoms with Crippen molar-refractivity contribution in [3.8, 4) is 0 Å². The Kier molecular flexibility index (Phi) is 2.28. The van der Waals surface area contributed by atoms with Crippen molar-refractivity contribution in [2.45, 2.75) is 39.2 Å². The van der Waals surface area contributed by atoms with Crippen LogP contribution in [0.2, 0.25) is 0 Å². The van der Waals surface area contributed by atoms with E-state index in [2.05, 4.69) is 17.0 Å². The standard InChI is InChI=1S/C12H20N4/c1-2-16-11(14-8-15-16)6-12(7-13)4-9-3-10(9)5-12/h8-10H,2-7,13H2,1H3. The number of nitrogens with two attached hydrogens (primary N) is 1. The normalized spacial score (nSPS) is 36.4. The molecule has 1 aromatic rings. The van der Waals surface area contributed by atoms with Crippen LogP contribution in [0.15, 0.2) is 6.33 Å². The number of fused-ring (bicyclic) bond motifs is 1. The third-order valence-electron chi connectivity index (χ3n) is 4.42. The number of nitrogens with zero attached hydrogens (tertiary/aromatic N) is 3. The minimum Gasteiger partial charge on any atom is -0.330 e. The Labute approximate surface area is 96.2 Å².